The predicted molar refractivity (Wildman–Crippen MR) is 108 cm³/mol. The molecule has 2 aromatic carbocycles. The number of amides is 3. The van der Waals surface area contributed by atoms with Crippen molar-refractivity contribution in [1.29, 1.82) is 0 Å². The molecule has 1 fully saturated rings. The molecule has 2 aliphatic heterocycles. The quantitative estimate of drug-likeness (QED) is 0.782. The maximum Gasteiger partial charge on any atom is 0.263 e. The van der Waals surface area contributed by atoms with Crippen LogP contribution in [-0.2, 0) is 14.4 Å². The van der Waals surface area contributed by atoms with Gasteiger partial charge in [0.15, 0.2) is 12.1 Å². The lowest BCUT2D eigenvalue weighted by Crippen LogP contribution is -2.43. The Morgan fingerprint density at radius 1 is 1.07 bits per heavy atom. The molecule has 1 saturated heterocycles. The Hall–Kier alpha value is -3.26. The van der Waals surface area contributed by atoms with E-state index in [0.29, 0.717) is 16.4 Å². The van der Waals surface area contributed by atoms with E-state index in [0.717, 1.165) is 16.0 Å². The van der Waals surface area contributed by atoms with Crippen molar-refractivity contribution in [2.24, 2.45) is 10.3 Å². The summed E-state index contributed by atoms with van der Waals surface area (Å²) in [6.45, 7) is 3.67. The second-order valence-electron chi connectivity index (χ2n) is 7.03. The fourth-order valence-electron chi connectivity index (χ4n) is 3.35. The number of carbonyl (C=O) groups is 3. The number of rotatable bonds is 4. The molecular weight excluding hydrogens is 394 g/mol. The Bertz CT molecular complexity index is 1040. The van der Waals surface area contributed by atoms with Crippen LogP contribution in [0, 0.1) is 13.8 Å². The van der Waals surface area contributed by atoms with Crippen LogP contribution < -0.4 is 10.2 Å². The number of hydrogen-bond donors (Lipinski definition) is 1. The van der Waals surface area contributed by atoms with E-state index in [1.54, 1.807) is 36.4 Å². The second kappa shape index (κ2) is 7.29. The van der Waals surface area contributed by atoms with Gasteiger partial charge in [0, 0.05) is 10.7 Å². The van der Waals surface area contributed by atoms with E-state index in [-0.39, 0.29) is 12.5 Å². The fourth-order valence-corrected chi connectivity index (χ4v) is 3.48. The normalized spacial score (nSPS) is 20.4. The van der Waals surface area contributed by atoms with Crippen LogP contribution in [0.5, 0.6) is 0 Å². The van der Waals surface area contributed by atoms with Gasteiger partial charge in [-0.2, -0.15) is 5.11 Å². The van der Waals surface area contributed by atoms with Gasteiger partial charge in [-0.25, -0.2) is 4.90 Å². The van der Waals surface area contributed by atoms with Gasteiger partial charge in [-0.3, -0.25) is 19.4 Å². The average Bonchev–Trinajstić information content (AvgIpc) is 3.20. The molecule has 148 valence electrons. The number of benzene rings is 2. The summed E-state index contributed by atoms with van der Waals surface area (Å²) in [6.07, 6.45) is 0. The molecule has 29 heavy (non-hydrogen) atoms. The first-order valence-electron chi connectivity index (χ1n) is 9.03. The molecule has 2 atom stereocenters. The fraction of sp³-hybridized carbons (Fsp3) is 0.250. The highest BCUT2D eigenvalue weighted by molar-refractivity contribution is 6.30. The molecule has 1 N–H and O–H groups in total. The van der Waals surface area contributed by atoms with Gasteiger partial charge in [-0.05, 0) is 61.4 Å². The highest BCUT2D eigenvalue weighted by atomic mass is 35.5. The summed E-state index contributed by atoms with van der Waals surface area (Å²) in [4.78, 5) is 39.2. The zero-order valence-electron chi connectivity index (χ0n) is 15.8. The first-order chi connectivity index (χ1) is 13.8. The molecular formula is C20H18ClN5O3. The second-order valence-corrected chi connectivity index (χ2v) is 7.46. The number of halogens is 1. The highest BCUT2D eigenvalue weighted by Crippen LogP contribution is 2.32. The van der Waals surface area contributed by atoms with Crippen LogP contribution in [-0.4, -0.2) is 41.4 Å². The van der Waals surface area contributed by atoms with Gasteiger partial charge in [0.2, 0.25) is 5.91 Å². The number of anilines is 2. The zero-order chi connectivity index (χ0) is 20.7. The summed E-state index contributed by atoms with van der Waals surface area (Å²) in [6, 6.07) is 10.2. The van der Waals surface area contributed by atoms with Gasteiger partial charge < -0.3 is 5.32 Å². The molecule has 2 aliphatic rings. The lowest BCUT2D eigenvalue weighted by Gasteiger charge is -2.20. The minimum atomic E-state index is -0.938. The molecule has 8 nitrogen and oxygen atoms in total. The lowest BCUT2D eigenvalue weighted by molar-refractivity contribution is -0.123. The van der Waals surface area contributed by atoms with Crippen LogP contribution in [0.1, 0.15) is 11.1 Å². The molecule has 0 aromatic heterocycles. The molecule has 0 bridgehead atoms. The monoisotopic (exact) mass is 411 g/mol. The van der Waals surface area contributed by atoms with Crippen LogP contribution >= 0.6 is 11.6 Å². The third-order valence-electron chi connectivity index (χ3n) is 5.04. The summed E-state index contributed by atoms with van der Waals surface area (Å²) < 4.78 is 0. The molecule has 2 aromatic rings. The molecule has 3 amide bonds. The Morgan fingerprint density at radius 2 is 1.79 bits per heavy atom. The largest absolute Gasteiger partial charge is 0.324 e. The maximum atomic E-state index is 13.0. The number of aryl methyl sites for hydroxylation is 2. The van der Waals surface area contributed by atoms with Gasteiger partial charge in [-0.15, -0.1) is 0 Å². The van der Waals surface area contributed by atoms with Crippen LogP contribution in [0.3, 0.4) is 0 Å². The molecule has 0 saturated carbocycles. The van der Waals surface area contributed by atoms with Gasteiger partial charge in [0.05, 0.1) is 5.69 Å². The van der Waals surface area contributed by atoms with Crippen LogP contribution in [0.2, 0.25) is 5.02 Å². The third-order valence-corrected chi connectivity index (χ3v) is 5.29. The molecule has 0 radical (unpaired) electrons. The number of nitrogens with one attached hydrogen (secondary N) is 1. The van der Waals surface area contributed by atoms with E-state index in [4.69, 9.17) is 11.6 Å². The SMILES string of the molecule is Cc1ccc(N2C(=O)C3N=NN(CC(=O)Nc4ccc(Cl)cc4)C3C2=O)cc1C. The van der Waals surface area contributed by atoms with Gasteiger partial charge in [-0.1, -0.05) is 22.9 Å². The number of nitrogens with zero attached hydrogens (tertiary/aromatic N) is 4. The standard InChI is InChI=1S/C20H18ClN5O3/c1-11-3-8-15(9-12(11)2)26-19(28)17-18(20(26)29)25(24-23-17)10-16(27)22-14-6-4-13(21)5-7-14/h3-9,17-18H,10H2,1-2H3,(H,22,27). The van der Waals surface area contributed by atoms with E-state index in [9.17, 15) is 14.4 Å². The minimum absolute atomic E-state index is 0.201. The summed E-state index contributed by atoms with van der Waals surface area (Å²) >= 11 is 5.84. The van der Waals surface area contributed by atoms with E-state index < -0.39 is 23.9 Å². The van der Waals surface area contributed by atoms with Crippen molar-refractivity contribution in [3.8, 4) is 0 Å². The van der Waals surface area contributed by atoms with E-state index in [2.05, 4.69) is 15.7 Å². The van der Waals surface area contributed by atoms with Crippen LogP contribution in [0.25, 0.3) is 0 Å². The van der Waals surface area contributed by atoms with Crippen molar-refractivity contribution in [3.05, 3.63) is 58.6 Å². The van der Waals surface area contributed by atoms with Crippen molar-refractivity contribution in [3.63, 3.8) is 0 Å². The van der Waals surface area contributed by atoms with E-state index >= 15 is 0 Å². The first kappa shape index (κ1) is 19.1. The van der Waals surface area contributed by atoms with Gasteiger partial charge in [0.25, 0.3) is 11.8 Å². The van der Waals surface area contributed by atoms with Crippen molar-refractivity contribution in [2.75, 3.05) is 16.8 Å². The summed E-state index contributed by atoms with van der Waals surface area (Å²) in [5, 5.41) is 12.3. The minimum Gasteiger partial charge on any atom is -0.324 e. The van der Waals surface area contributed by atoms with Gasteiger partial charge in [0.1, 0.15) is 6.54 Å². The smallest absolute Gasteiger partial charge is 0.263 e. The van der Waals surface area contributed by atoms with E-state index in [1.807, 2.05) is 19.9 Å². The summed E-state index contributed by atoms with van der Waals surface area (Å²) in [5.74, 6) is -1.25. The van der Waals surface area contributed by atoms with Gasteiger partial charge >= 0.3 is 0 Å². The molecule has 4 rings (SSSR count). The Morgan fingerprint density at radius 3 is 2.48 bits per heavy atom. The highest BCUT2D eigenvalue weighted by Gasteiger charge is 2.55. The number of carbonyl (C=O) groups excluding carboxylic acids is 3. The molecule has 0 spiro atoms. The number of fused-ring (bicyclic) bond motifs is 1. The van der Waals surface area contributed by atoms with Crippen molar-refractivity contribution in [2.45, 2.75) is 25.9 Å². The van der Waals surface area contributed by atoms with Crippen molar-refractivity contribution >= 4 is 40.7 Å². The first-order valence-corrected chi connectivity index (χ1v) is 9.41. The summed E-state index contributed by atoms with van der Waals surface area (Å²) in [5.41, 5.74) is 3.10. The topological polar surface area (TPSA) is 94.4 Å². The lowest BCUT2D eigenvalue weighted by atomic mass is 10.1. The molecule has 9 heteroatoms. The van der Waals surface area contributed by atoms with E-state index in [1.165, 1.54) is 5.01 Å². The van der Waals surface area contributed by atoms with Crippen molar-refractivity contribution < 1.29 is 14.4 Å². The number of hydrogen-bond acceptors (Lipinski definition) is 6. The Balaban J connectivity index is 1.49. The third kappa shape index (κ3) is 3.47. The molecule has 0 aliphatic carbocycles. The number of imide groups is 1. The molecule has 2 unspecified atom stereocenters. The predicted octanol–water partition coefficient (Wildman–Crippen LogP) is 2.89. The van der Waals surface area contributed by atoms with Crippen LogP contribution in [0.15, 0.2) is 52.8 Å². The maximum absolute atomic E-state index is 13.0. The van der Waals surface area contributed by atoms with Crippen molar-refractivity contribution in [1.82, 2.24) is 5.01 Å². The Kier molecular flexibility index (Phi) is 4.79. The zero-order valence-corrected chi connectivity index (χ0v) is 16.6. The van der Waals surface area contributed by atoms with Crippen LogP contribution in [0.4, 0.5) is 11.4 Å². The molecule has 2 heterocycles. The Labute approximate surface area is 172 Å². The average molecular weight is 412 g/mol. The summed E-state index contributed by atoms with van der Waals surface area (Å²) in [7, 11) is 0.